The quantitative estimate of drug-likeness (QED) is 0.631. The van der Waals surface area contributed by atoms with Crippen molar-refractivity contribution in [3.63, 3.8) is 0 Å². The van der Waals surface area contributed by atoms with Gasteiger partial charge in [-0.3, -0.25) is 4.90 Å². The molecular weight excluding hydrogens is 152 g/mol. The Morgan fingerprint density at radius 1 is 1.58 bits per heavy atom. The van der Waals surface area contributed by atoms with Crippen molar-refractivity contribution in [2.75, 3.05) is 26.7 Å². The van der Waals surface area contributed by atoms with Gasteiger partial charge in [-0.25, -0.2) is 0 Å². The maximum atomic E-state index is 8.81. The second-order valence-corrected chi connectivity index (χ2v) is 4.16. The van der Waals surface area contributed by atoms with Gasteiger partial charge in [0, 0.05) is 18.1 Å². The third-order valence-corrected chi connectivity index (χ3v) is 2.82. The Hall–Kier alpha value is -0.120. The van der Waals surface area contributed by atoms with Crippen LogP contribution in [-0.2, 0) is 0 Å². The predicted molar refractivity (Wildman–Crippen MR) is 50.2 cm³/mol. The van der Waals surface area contributed by atoms with E-state index in [0.717, 1.165) is 13.1 Å². The van der Waals surface area contributed by atoms with E-state index >= 15 is 0 Å². The lowest BCUT2D eigenvalue weighted by Crippen LogP contribution is -2.50. The normalized spacial score (nSPS) is 28.2. The molecule has 2 N–H and O–H groups in total. The van der Waals surface area contributed by atoms with Gasteiger partial charge in [-0.15, -0.1) is 0 Å². The third-order valence-electron chi connectivity index (χ3n) is 2.82. The molecule has 3 nitrogen and oxygen atoms in total. The number of nitrogens with zero attached hydrogens (tertiary/aromatic N) is 1. The van der Waals surface area contributed by atoms with Crippen LogP contribution >= 0.6 is 0 Å². The molecule has 0 bridgehead atoms. The smallest absolute Gasteiger partial charge is 0.0558 e. The van der Waals surface area contributed by atoms with Gasteiger partial charge in [0.15, 0.2) is 0 Å². The zero-order valence-electron chi connectivity index (χ0n) is 8.30. The van der Waals surface area contributed by atoms with Crippen molar-refractivity contribution < 1.29 is 5.11 Å². The molecule has 0 radical (unpaired) electrons. The van der Waals surface area contributed by atoms with Gasteiger partial charge in [-0.2, -0.15) is 0 Å². The summed E-state index contributed by atoms with van der Waals surface area (Å²) >= 11 is 0. The van der Waals surface area contributed by atoms with Crippen molar-refractivity contribution in [3.8, 4) is 0 Å². The number of likely N-dealkylation sites (N-methyl/N-ethyl adjacent to an activating group) is 1. The van der Waals surface area contributed by atoms with Crippen molar-refractivity contribution in [2.45, 2.75) is 31.8 Å². The molecule has 0 aromatic heterocycles. The van der Waals surface area contributed by atoms with Crippen molar-refractivity contribution in [2.24, 2.45) is 0 Å². The topological polar surface area (TPSA) is 35.5 Å². The van der Waals surface area contributed by atoms with Crippen LogP contribution in [0.25, 0.3) is 0 Å². The molecule has 1 aliphatic heterocycles. The lowest BCUT2D eigenvalue weighted by Gasteiger charge is -2.34. The average Bonchev–Trinajstić information content (AvgIpc) is 2.30. The average molecular weight is 172 g/mol. The summed E-state index contributed by atoms with van der Waals surface area (Å²) in [6.07, 6.45) is 1.18. The maximum absolute atomic E-state index is 8.81. The Morgan fingerprint density at radius 2 is 2.25 bits per heavy atom. The fourth-order valence-corrected chi connectivity index (χ4v) is 2.09. The Balaban J connectivity index is 2.50. The van der Waals surface area contributed by atoms with Gasteiger partial charge in [0.2, 0.25) is 0 Å². The van der Waals surface area contributed by atoms with Gasteiger partial charge in [-0.1, -0.05) is 0 Å². The molecule has 72 valence electrons. The minimum absolute atomic E-state index is 0.198. The maximum Gasteiger partial charge on any atom is 0.0558 e. The molecule has 0 spiro atoms. The fraction of sp³-hybridized carbons (Fsp3) is 1.00. The lowest BCUT2D eigenvalue weighted by molar-refractivity contribution is 0.145. The molecule has 0 aromatic carbocycles. The standard InChI is InChI=1S/C9H20N2O/c1-9(2)8(4-5-10-9)11(3)6-7-12/h8,10,12H,4-7H2,1-3H3. The highest BCUT2D eigenvalue weighted by atomic mass is 16.3. The molecule has 1 atom stereocenters. The summed E-state index contributed by atoms with van der Waals surface area (Å²) in [7, 11) is 2.08. The molecule has 1 aliphatic rings. The third kappa shape index (κ3) is 1.97. The first kappa shape index (κ1) is 9.96. The highest BCUT2D eigenvalue weighted by molar-refractivity contribution is 4.97. The van der Waals surface area contributed by atoms with Crippen LogP contribution in [0, 0.1) is 0 Å². The first-order chi connectivity index (χ1) is 5.58. The first-order valence-corrected chi connectivity index (χ1v) is 4.64. The van der Waals surface area contributed by atoms with E-state index in [1.165, 1.54) is 6.42 Å². The second-order valence-electron chi connectivity index (χ2n) is 4.16. The number of rotatable bonds is 3. The molecule has 1 saturated heterocycles. The molecule has 0 aliphatic carbocycles. The Kier molecular flexibility index (Phi) is 3.09. The molecule has 1 heterocycles. The molecule has 0 saturated carbocycles. The van der Waals surface area contributed by atoms with Crippen LogP contribution in [0.15, 0.2) is 0 Å². The number of aliphatic hydroxyl groups excluding tert-OH is 1. The van der Waals surface area contributed by atoms with Crippen molar-refractivity contribution in [3.05, 3.63) is 0 Å². The molecule has 1 unspecified atom stereocenters. The second kappa shape index (κ2) is 3.73. The zero-order chi connectivity index (χ0) is 9.19. The van der Waals surface area contributed by atoms with Crippen LogP contribution in [-0.4, -0.2) is 48.3 Å². The number of hydrogen-bond donors (Lipinski definition) is 2. The Bertz CT molecular complexity index is 147. The SMILES string of the molecule is CN(CCO)C1CCNC1(C)C. The minimum atomic E-state index is 0.198. The lowest BCUT2D eigenvalue weighted by atomic mass is 9.96. The number of aliphatic hydroxyl groups is 1. The van der Waals surface area contributed by atoms with E-state index in [1.54, 1.807) is 0 Å². The number of nitrogens with one attached hydrogen (secondary N) is 1. The summed E-state index contributed by atoms with van der Waals surface area (Å²) in [5.74, 6) is 0. The van der Waals surface area contributed by atoms with E-state index in [1.807, 2.05) is 0 Å². The highest BCUT2D eigenvalue weighted by Crippen LogP contribution is 2.22. The van der Waals surface area contributed by atoms with Gasteiger partial charge in [0.25, 0.3) is 0 Å². The van der Waals surface area contributed by atoms with Crippen molar-refractivity contribution >= 4 is 0 Å². The van der Waals surface area contributed by atoms with E-state index < -0.39 is 0 Å². The Labute approximate surface area is 74.8 Å². The summed E-state index contributed by atoms with van der Waals surface area (Å²) in [5.41, 5.74) is 0.198. The summed E-state index contributed by atoms with van der Waals surface area (Å²) in [6.45, 7) is 6.56. The van der Waals surface area contributed by atoms with Gasteiger partial charge in [-0.05, 0) is 33.9 Å². The number of hydrogen-bond acceptors (Lipinski definition) is 3. The van der Waals surface area contributed by atoms with Gasteiger partial charge < -0.3 is 10.4 Å². The van der Waals surface area contributed by atoms with Crippen molar-refractivity contribution in [1.29, 1.82) is 0 Å². The summed E-state index contributed by atoms with van der Waals surface area (Å²) in [6, 6.07) is 0.560. The monoisotopic (exact) mass is 172 g/mol. The molecular formula is C9H20N2O. The fourth-order valence-electron chi connectivity index (χ4n) is 2.09. The molecule has 0 amide bonds. The van der Waals surface area contributed by atoms with E-state index in [0.29, 0.717) is 6.04 Å². The van der Waals surface area contributed by atoms with Crippen LogP contribution < -0.4 is 5.32 Å². The zero-order valence-corrected chi connectivity index (χ0v) is 8.30. The highest BCUT2D eigenvalue weighted by Gasteiger charge is 2.36. The Morgan fingerprint density at radius 3 is 2.67 bits per heavy atom. The van der Waals surface area contributed by atoms with Crippen LogP contribution in [0.1, 0.15) is 20.3 Å². The largest absolute Gasteiger partial charge is 0.395 e. The predicted octanol–water partition coefficient (Wildman–Crippen LogP) is 0.0510. The molecule has 1 fully saturated rings. The van der Waals surface area contributed by atoms with Gasteiger partial charge >= 0.3 is 0 Å². The van der Waals surface area contributed by atoms with Crippen LogP contribution in [0.3, 0.4) is 0 Å². The molecule has 3 heteroatoms. The van der Waals surface area contributed by atoms with Crippen LogP contribution in [0.5, 0.6) is 0 Å². The van der Waals surface area contributed by atoms with Crippen LogP contribution in [0.4, 0.5) is 0 Å². The van der Waals surface area contributed by atoms with E-state index in [9.17, 15) is 0 Å². The summed E-state index contributed by atoms with van der Waals surface area (Å²) < 4.78 is 0. The van der Waals surface area contributed by atoms with Gasteiger partial charge in [0.05, 0.1) is 6.61 Å². The van der Waals surface area contributed by atoms with E-state index in [2.05, 4.69) is 31.1 Å². The van der Waals surface area contributed by atoms with Gasteiger partial charge in [0.1, 0.15) is 0 Å². The van der Waals surface area contributed by atoms with Crippen LogP contribution in [0.2, 0.25) is 0 Å². The van der Waals surface area contributed by atoms with E-state index in [-0.39, 0.29) is 12.1 Å². The summed E-state index contributed by atoms with van der Waals surface area (Å²) in [5, 5.41) is 12.3. The molecule has 0 aromatic rings. The molecule has 12 heavy (non-hydrogen) atoms. The summed E-state index contributed by atoms with van der Waals surface area (Å²) in [4.78, 5) is 2.24. The first-order valence-electron chi connectivity index (χ1n) is 4.64. The molecule has 1 rings (SSSR count). The van der Waals surface area contributed by atoms with E-state index in [4.69, 9.17) is 5.11 Å². The minimum Gasteiger partial charge on any atom is -0.395 e. The van der Waals surface area contributed by atoms with Crippen molar-refractivity contribution in [1.82, 2.24) is 10.2 Å².